The number of hydrogen-bond donors (Lipinski definition) is 2. The van der Waals surface area contributed by atoms with E-state index in [0.29, 0.717) is 18.0 Å². The van der Waals surface area contributed by atoms with Crippen molar-refractivity contribution in [2.24, 2.45) is 5.92 Å². The fourth-order valence-electron chi connectivity index (χ4n) is 4.06. The van der Waals surface area contributed by atoms with E-state index >= 15 is 0 Å². The van der Waals surface area contributed by atoms with Crippen LogP contribution in [0.15, 0.2) is 0 Å². The van der Waals surface area contributed by atoms with Gasteiger partial charge in [-0.25, -0.2) is 4.79 Å². The van der Waals surface area contributed by atoms with E-state index in [-0.39, 0.29) is 18.6 Å². The third kappa shape index (κ3) is 4.62. The Morgan fingerprint density at radius 1 is 1.04 bits per heavy atom. The van der Waals surface area contributed by atoms with Gasteiger partial charge in [0.2, 0.25) is 0 Å². The summed E-state index contributed by atoms with van der Waals surface area (Å²) in [7, 11) is 1.91. The molecule has 136 valence electrons. The van der Waals surface area contributed by atoms with Gasteiger partial charge in [-0.2, -0.15) is 0 Å². The number of carbonyl (C=O) groups excluding carboxylic acids is 1. The van der Waals surface area contributed by atoms with Crippen LogP contribution in [0.2, 0.25) is 0 Å². The zero-order chi connectivity index (χ0) is 17.1. The number of carboxylic acid groups (broad SMARTS) is 1. The lowest BCUT2D eigenvalue weighted by atomic mass is 9.85. The summed E-state index contributed by atoms with van der Waals surface area (Å²) in [5.74, 6) is -0.0596. The van der Waals surface area contributed by atoms with Crippen LogP contribution >= 0.6 is 0 Å². The molecule has 0 aliphatic heterocycles. The van der Waals surface area contributed by atoms with Gasteiger partial charge in [-0.3, -0.25) is 9.69 Å². The van der Waals surface area contributed by atoms with Gasteiger partial charge in [0.25, 0.3) is 0 Å². The molecule has 3 saturated carbocycles. The van der Waals surface area contributed by atoms with Gasteiger partial charge in [-0.15, -0.1) is 0 Å². The summed E-state index contributed by atoms with van der Waals surface area (Å²) in [5.41, 5.74) is 0. The van der Waals surface area contributed by atoms with Crippen molar-refractivity contribution in [2.45, 2.75) is 75.9 Å². The van der Waals surface area contributed by atoms with Gasteiger partial charge < -0.3 is 15.3 Å². The van der Waals surface area contributed by atoms with Gasteiger partial charge in [0.15, 0.2) is 0 Å². The fourth-order valence-corrected chi connectivity index (χ4v) is 4.06. The summed E-state index contributed by atoms with van der Waals surface area (Å²) in [5, 5.41) is 12.2. The first kappa shape index (κ1) is 17.5. The first-order valence-corrected chi connectivity index (χ1v) is 9.52. The number of carboxylic acids is 1. The van der Waals surface area contributed by atoms with Crippen molar-refractivity contribution in [1.82, 2.24) is 15.1 Å². The largest absolute Gasteiger partial charge is 0.480 e. The average molecular weight is 337 g/mol. The molecule has 0 aromatic rings. The van der Waals surface area contributed by atoms with Crippen molar-refractivity contribution >= 4 is 12.0 Å². The Morgan fingerprint density at radius 2 is 1.71 bits per heavy atom. The van der Waals surface area contributed by atoms with Crippen molar-refractivity contribution in [3.8, 4) is 0 Å². The van der Waals surface area contributed by atoms with Crippen molar-refractivity contribution in [1.29, 1.82) is 0 Å². The molecule has 0 aromatic heterocycles. The van der Waals surface area contributed by atoms with E-state index in [9.17, 15) is 9.59 Å². The van der Waals surface area contributed by atoms with Crippen molar-refractivity contribution in [3.63, 3.8) is 0 Å². The Balaban J connectivity index is 1.41. The highest BCUT2D eigenvalue weighted by atomic mass is 16.4. The Morgan fingerprint density at radius 3 is 2.29 bits per heavy atom. The average Bonchev–Trinajstić information content (AvgIpc) is 3.33. The molecule has 2 amide bonds. The van der Waals surface area contributed by atoms with Gasteiger partial charge in [-0.1, -0.05) is 19.3 Å². The molecule has 24 heavy (non-hydrogen) atoms. The molecule has 6 heteroatoms. The molecule has 0 saturated heterocycles. The van der Waals surface area contributed by atoms with Gasteiger partial charge >= 0.3 is 12.0 Å². The first-order valence-electron chi connectivity index (χ1n) is 9.52. The minimum Gasteiger partial charge on any atom is -0.480 e. The molecule has 3 rings (SSSR count). The summed E-state index contributed by atoms with van der Waals surface area (Å²) < 4.78 is 0. The summed E-state index contributed by atoms with van der Waals surface area (Å²) in [6, 6.07) is 0.932. The number of nitrogens with zero attached hydrogens (tertiary/aromatic N) is 2. The molecule has 6 nitrogen and oxygen atoms in total. The van der Waals surface area contributed by atoms with Gasteiger partial charge in [0, 0.05) is 31.7 Å². The van der Waals surface area contributed by atoms with E-state index in [2.05, 4.69) is 10.2 Å². The first-order chi connectivity index (χ1) is 11.5. The maximum absolute atomic E-state index is 12.4. The number of rotatable bonds is 7. The predicted octanol–water partition coefficient (Wildman–Crippen LogP) is 2.29. The Labute approximate surface area is 144 Å². The van der Waals surface area contributed by atoms with E-state index < -0.39 is 5.97 Å². The van der Waals surface area contributed by atoms with Gasteiger partial charge in [-0.05, 0) is 44.4 Å². The number of carbonyl (C=O) groups is 2. The predicted molar refractivity (Wildman–Crippen MR) is 91.9 cm³/mol. The summed E-state index contributed by atoms with van der Waals surface area (Å²) in [4.78, 5) is 27.4. The van der Waals surface area contributed by atoms with Crippen molar-refractivity contribution in [2.75, 3.05) is 20.1 Å². The highest BCUT2D eigenvalue weighted by Gasteiger charge is 2.38. The van der Waals surface area contributed by atoms with E-state index in [1.807, 2.05) is 11.9 Å². The lowest BCUT2D eigenvalue weighted by Crippen LogP contribution is -2.57. The molecule has 0 radical (unpaired) electrons. The third-order valence-electron chi connectivity index (χ3n) is 5.93. The molecule has 2 N–H and O–H groups in total. The number of hydrogen-bond acceptors (Lipinski definition) is 3. The zero-order valence-corrected chi connectivity index (χ0v) is 14.7. The molecule has 0 heterocycles. The zero-order valence-electron chi connectivity index (χ0n) is 14.7. The van der Waals surface area contributed by atoms with Crippen molar-refractivity contribution < 1.29 is 14.7 Å². The van der Waals surface area contributed by atoms with Crippen LogP contribution in [0.25, 0.3) is 0 Å². The maximum atomic E-state index is 12.4. The van der Waals surface area contributed by atoms with Crippen LogP contribution in [0.5, 0.6) is 0 Å². The van der Waals surface area contributed by atoms with Crippen LogP contribution in [0.4, 0.5) is 4.79 Å². The lowest BCUT2D eigenvalue weighted by Gasteiger charge is -2.43. The van der Waals surface area contributed by atoms with Gasteiger partial charge in [0.05, 0.1) is 6.54 Å². The quantitative estimate of drug-likeness (QED) is 0.747. The Bertz CT molecular complexity index is 454. The number of aliphatic carboxylic acids is 1. The molecule has 3 fully saturated rings. The molecule has 0 atom stereocenters. The lowest BCUT2D eigenvalue weighted by molar-refractivity contribution is -0.139. The topological polar surface area (TPSA) is 72.9 Å². The van der Waals surface area contributed by atoms with Crippen LogP contribution in [-0.2, 0) is 4.79 Å². The van der Waals surface area contributed by atoms with Crippen molar-refractivity contribution in [3.05, 3.63) is 0 Å². The minimum absolute atomic E-state index is 0.0392. The summed E-state index contributed by atoms with van der Waals surface area (Å²) >= 11 is 0. The van der Waals surface area contributed by atoms with Crippen LogP contribution in [0.3, 0.4) is 0 Å². The number of amides is 2. The molecule has 0 aromatic carbocycles. The standard InChI is InChI=1S/C18H31N3O3/c1-20(15-5-3-2-4-6-15)18(24)19-14-9-16(10-14)21(12-17(22)23)11-13-7-8-13/h13-16H,2-12H2,1H3,(H,19,24)(H,22,23). The summed E-state index contributed by atoms with van der Waals surface area (Å²) in [6.07, 6.45) is 10.2. The highest BCUT2D eigenvalue weighted by molar-refractivity contribution is 5.74. The molecule has 0 spiro atoms. The minimum atomic E-state index is -0.750. The third-order valence-corrected chi connectivity index (χ3v) is 5.93. The monoisotopic (exact) mass is 337 g/mol. The second kappa shape index (κ2) is 7.72. The molecule has 3 aliphatic carbocycles. The Hall–Kier alpha value is -1.30. The van der Waals surface area contributed by atoms with E-state index in [4.69, 9.17) is 5.11 Å². The Kier molecular flexibility index (Phi) is 5.64. The molecule has 3 aliphatic rings. The van der Waals surface area contributed by atoms with Crippen LogP contribution in [-0.4, -0.2) is 65.2 Å². The normalized spacial score (nSPS) is 27.6. The molecular formula is C18H31N3O3. The number of urea groups is 1. The molecular weight excluding hydrogens is 306 g/mol. The molecule has 0 unspecified atom stereocenters. The highest BCUT2D eigenvalue weighted by Crippen LogP contribution is 2.34. The second-order valence-corrected chi connectivity index (χ2v) is 7.94. The summed E-state index contributed by atoms with van der Waals surface area (Å²) in [6.45, 7) is 1.03. The maximum Gasteiger partial charge on any atom is 0.317 e. The van der Waals surface area contributed by atoms with E-state index in [1.165, 1.54) is 32.1 Å². The fraction of sp³-hybridized carbons (Fsp3) is 0.889. The van der Waals surface area contributed by atoms with E-state index in [0.717, 1.165) is 32.2 Å². The smallest absolute Gasteiger partial charge is 0.317 e. The number of nitrogens with one attached hydrogen (secondary N) is 1. The van der Waals surface area contributed by atoms with E-state index in [1.54, 1.807) is 0 Å². The SMILES string of the molecule is CN(C(=O)NC1CC(N(CC(=O)O)CC2CC2)C1)C1CCCCC1. The van der Waals surface area contributed by atoms with Gasteiger partial charge in [0.1, 0.15) is 0 Å². The van der Waals surface area contributed by atoms with Crippen LogP contribution < -0.4 is 5.32 Å². The van der Waals surface area contributed by atoms with Crippen LogP contribution in [0, 0.1) is 5.92 Å². The molecule has 0 bridgehead atoms. The van der Waals surface area contributed by atoms with Crippen LogP contribution in [0.1, 0.15) is 57.8 Å². The second-order valence-electron chi connectivity index (χ2n) is 7.94.